The van der Waals surface area contributed by atoms with Crippen LogP contribution >= 0.6 is 27.7 Å². The molecule has 19 heavy (non-hydrogen) atoms. The van der Waals surface area contributed by atoms with E-state index in [-0.39, 0.29) is 12.0 Å². The molecule has 0 fully saturated rings. The quantitative estimate of drug-likeness (QED) is 0.654. The van der Waals surface area contributed by atoms with Crippen molar-refractivity contribution >= 4 is 39.9 Å². The molecule has 106 valence electrons. The Morgan fingerprint density at radius 2 is 2.05 bits per heavy atom. The molecule has 0 radical (unpaired) electrons. The third-order valence-electron chi connectivity index (χ3n) is 2.17. The van der Waals surface area contributed by atoms with Gasteiger partial charge in [-0.2, -0.15) is 11.8 Å². The zero-order valence-electron chi connectivity index (χ0n) is 11.2. The van der Waals surface area contributed by atoms with Crippen LogP contribution in [0.4, 0.5) is 0 Å². The maximum atomic E-state index is 10.8. The highest BCUT2D eigenvalue weighted by Crippen LogP contribution is 2.08. The summed E-state index contributed by atoms with van der Waals surface area (Å²) < 4.78 is 5.53. The lowest BCUT2D eigenvalue weighted by Crippen LogP contribution is -2.37. The van der Waals surface area contributed by atoms with Crippen LogP contribution in [0.15, 0.2) is 28.7 Å². The van der Waals surface area contributed by atoms with Crippen LogP contribution in [0.1, 0.15) is 10.4 Å². The first-order valence-electron chi connectivity index (χ1n) is 5.53. The molecule has 0 heterocycles. The van der Waals surface area contributed by atoms with Gasteiger partial charge in [-0.25, -0.2) is 0 Å². The summed E-state index contributed by atoms with van der Waals surface area (Å²) in [6.45, 7) is 0. The summed E-state index contributed by atoms with van der Waals surface area (Å²) >= 11 is 4.87. The monoisotopic (exact) mass is 347 g/mol. The number of nitrogens with one attached hydrogen (secondary N) is 1. The second kappa shape index (κ2) is 11.0. The fourth-order valence-corrected chi connectivity index (χ4v) is 2.02. The lowest BCUT2D eigenvalue weighted by atomic mass is 10.2. The molecule has 1 aromatic carbocycles. The molecule has 6 heteroatoms. The summed E-state index contributed by atoms with van der Waals surface area (Å²) in [5, 5.41) is 2.86. The molecule has 4 nitrogen and oxygen atoms in total. The summed E-state index contributed by atoms with van der Waals surface area (Å²) in [7, 11) is 3.14. The summed E-state index contributed by atoms with van der Waals surface area (Å²) in [5.74, 6) is 0.556. The molecule has 0 saturated carbocycles. The van der Waals surface area contributed by atoms with Crippen molar-refractivity contribution in [2.75, 3.05) is 26.2 Å². The number of aldehydes is 1. The van der Waals surface area contributed by atoms with Crippen LogP contribution in [0, 0.1) is 0 Å². The van der Waals surface area contributed by atoms with Crippen LogP contribution in [0.3, 0.4) is 0 Å². The highest BCUT2D eigenvalue weighted by atomic mass is 79.9. The van der Waals surface area contributed by atoms with Crippen molar-refractivity contribution in [2.24, 2.45) is 0 Å². The topological polar surface area (TPSA) is 55.4 Å². The van der Waals surface area contributed by atoms with E-state index in [0.717, 1.165) is 16.5 Å². The first-order chi connectivity index (χ1) is 9.08. The third-order valence-corrected chi connectivity index (χ3v) is 3.37. The molecule has 1 rings (SSSR count). The van der Waals surface area contributed by atoms with Crippen LogP contribution in [0.2, 0.25) is 0 Å². The fraction of sp³-hybridized carbons (Fsp3) is 0.385. The van der Waals surface area contributed by atoms with Crippen LogP contribution in [0.25, 0.3) is 0 Å². The van der Waals surface area contributed by atoms with E-state index in [4.69, 9.17) is 0 Å². The summed E-state index contributed by atoms with van der Waals surface area (Å²) in [5.41, 5.74) is 0.707. The SMILES string of the molecule is CN[C@@H](CSC)C(=O)OC.O=Cc1ccc(Br)cc1. The molecular formula is C13H18BrNO3S. The predicted octanol–water partition coefficient (Wildman–Crippen LogP) is 2.37. The lowest BCUT2D eigenvalue weighted by Gasteiger charge is -2.10. The van der Waals surface area contributed by atoms with Gasteiger partial charge in [0.1, 0.15) is 12.3 Å². The molecule has 0 aliphatic carbocycles. The number of hydrogen-bond donors (Lipinski definition) is 1. The minimum absolute atomic E-state index is 0.167. The zero-order valence-corrected chi connectivity index (χ0v) is 13.6. The number of rotatable bonds is 5. The standard InChI is InChI=1S/C7H5BrO.C6H13NO2S/c8-7-3-1-6(5-9)2-4-7;1-7-5(4-10-3)6(8)9-2/h1-5H;5,7H,4H2,1-3H3/t;5-/m.0/s1. The molecule has 0 saturated heterocycles. The molecule has 0 spiro atoms. The van der Waals surface area contributed by atoms with E-state index in [1.807, 2.05) is 18.4 Å². The van der Waals surface area contributed by atoms with Crippen molar-refractivity contribution < 1.29 is 14.3 Å². The van der Waals surface area contributed by atoms with Gasteiger partial charge in [0, 0.05) is 15.8 Å². The maximum absolute atomic E-state index is 10.8. The van der Waals surface area contributed by atoms with Crippen LogP contribution in [-0.4, -0.2) is 44.5 Å². The van der Waals surface area contributed by atoms with Crippen LogP contribution in [0.5, 0.6) is 0 Å². The first kappa shape index (κ1) is 18.1. The Labute approximate surface area is 126 Å². The summed E-state index contributed by atoms with van der Waals surface area (Å²) in [6.07, 6.45) is 2.78. The van der Waals surface area contributed by atoms with E-state index in [9.17, 15) is 9.59 Å². The molecule has 1 aromatic rings. The number of likely N-dealkylation sites (N-methyl/N-ethyl adjacent to an activating group) is 1. The highest BCUT2D eigenvalue weighted by molar-refractivity contribution is 9.10. The molecule has 0 amide bonds. The average Bonchev–Trinajstić information content (AvgIpc) is 2.45. The number of benzene rings is 1. The lowest BCUT2D eigenvalue weighted by molar-refractivity contribution is -0.142. The zero-order chi connectivity index (χ0) is 14.7. The summed E-state index contributed by atoms with van der Waals surface area (Å²) in [6, 6.07) is 7.03. The van der Waals surface area contributed by atoms with Crippen molar-refractivity contribution in [3.63, 3.8) is 0 Å². The van der Waals surface area contributed by atoms with Gasteiger partial charge in [-0.15, -0.1) is 0 Å². The van der Waals surface area contributed by atoms with Gasteiger partial charge in [0.15, 0.2) is 0 Å². The highest BCUT2D eigenvalue weighted by Gasteiger charge is 2.14. The Balaban J connectivity index is 0.000000342. The molecule has 0 bridgehead atoms. The second-order valence-corrected chi connectivity index (χ2v) is 5.32. The molecule has 1 atom stereocenters. The number of hydrogen-bond acceptors (Lipinski definition) is 5. The number of carbonyl (C=O) groups excluding carboxylic acids is 2. The minimum atomic E-state index is -0.197. The Bertz CT molecular complexity index is 384. The number of esters is 1. The van der Waals surface area contributed by atoms with E-state index >= 15 is 0 Å². The number of ether oxygens (including phenoxy) is 1. The summed E-state index contributed by atoms with van der Waals surface area (Å²) in [4.78, 5) is 20.9. The number of methoxy groups -OCH3 is 1. The van der Waals surface area contributed by atoms with E-state index in [2.05, 4.69) is 26.0 Å². The Kier molecular flexibility index (Phi) is 10.5. The number of thioether (sulfide) groups is 1. The van der Waals surface area contributed by atoms with E-state index in [1.165, 1.54) is 7.11 Å². The average molecular weight is 348 g/mol. The van der Waals surface area contributed by atoms with Gasteiger partial charge in [0.25, 0.3) is 0 Å². The van der Waals surface area contributed by atoms with Crippen molar-refractivity contribution in [1.82, 2.24) is 5.32 Å². The fourth-order valence-electron chi connectivity index (χ4n) is 1.12. The van der Waals surface area contributed by atoms with Crippen molar-refractivity contribution in [2.45, 2.75) is 6.04 Å². The number of carbonyl (C=O) groups is 2. The van der Waals surface area contributed by atoms with Gasteiger partial charge in [0.05, 0.1) is 7.11 Å². The second-order valence-electron chi connectivity index (χ2n) is 3.49. The molecular weight excluding hydrogens is 330 g/mol. The number of halogens is 1. The molecule has 1 N–H and O–H groups in total. The Morgan fingerprint density at radius 1 is 1.47 bits per heavy atom. The van der Waals surface area contributed by atoms with Crippen molar-refractivity contribution in [3.8, 4) is 0 Å². The van der Waals surface area contributed by atoms with Crippen LogP contribution < -0.4 is 5.32 Å². The van der Waals surface area contributed by atoms with E-state index < -0.39 is 0 Å². The normalized spacial score (nSPS) is 10.9. The largest absolute Gasteiger partial charge is 0.468 e. The Morgan fingerprint density at radius 3 is 2.42 bits per heavy atom. The van der Waals surface area contributed by atoms with E-state index in [0.29, 0.717) is 5.56 Å². The van der Waals surface area contributed by atoms with Crippen LogP contribution in [-0.2, 0) is 9.53 Å². The van der Waals surface area contributed by atoms with Gasteiger partial charge in [-0.05, 0) is 25.4 Å². The van der Waals surface area contributed by atoms with Gasteiger partial charge < -0.3 is 10.1 Å². The van der Waals surface area contributed by atoms with E-state index in [1.54, 1.807) is 30.9 Å². The predicted molar refractivity (Wildman–Crippen MR) is 82.8 cm³/mol. The smallest absolute Gasteiger partial charge is 0.323 e. The Hall–Kier alpha value is -0.850. The van der Waals surface area contributed by atoms with Gasteiger partial charge in [0.2, 0.25) is 0 Å². The van der Waals surface area contributed by atoms with Crippen molar-refractivity contribution in [1.29, 1.82) is 0 Å². The third kappa shape index (κ3) is 8.02. The molecule has 0 aliphatic rings. The van der Waals surface area contributed by atoms with Gasteiger partial charge in [-0.1, -0.05) is 28.1 Å². The molecule has 0 unspecified atom stereocenters. The maximum Gasteiger partial charge on any atom is 0.323 e. The van der Waals surface area contributed by atoms with Gasteiger partial charge in [-0.3, -0.25) is 9.59 Å². The molecule has 0 aromatic heterocycles. The minimum Gasteiger partial charge on any atom is -0.468 e. The molecule has 0 aliphatic heterocycles. The van der Waals surface area contributed by atoms with Gasteiger partial charge >= 0.3 is 5.97 Å². The van der Waals surface area contributed by atoms with Crippen molar-refractivity contribution in [3.05, 3.63) is 34.3 Å². The first-order valence-corrected chi connectivity index (χ1v) is 7.72.